The lowest BCUT2D eigenvalue weighted by atomic mass is 10.2. The smallest absolute Gasteiger partial charge is 0.230 e. The van der Waals surface area contributed by atoms with E-state index in [2.05, 4.69) is 10.3 Å². The summed E-state index contributed by atoms with van der Waals surface area (Å²) in [6, 6.07) is 1.81. The van der Waals surface area contributed by atoms with Crippen LogP contribution in [0.2, 0.25) is 0 Å². The number of hydrogen-bond acceptors (Lipinski definition) is 5. The van der Waals surface area contributed by atoms with Crippen molar-refractivity contribution in [2.45, 2.75) is 23.8 Å². The maximum absolute atomic E-state index is 11.6. The number of aromatic nitrogens is 1. The first-order valence-corrected chi connectivity index (χ1v) is 6.95. The highest BCUT2D eigenvalue weighted by atomic mass is 32.2. The van der Waals surface area contributed by atoms with E-state index in [4.69, 9.17) is 10.5 Å². The minimum Gasteiger partial charge on any atom is -0.397 e. The Morgan fingerprint density at radius 2 is 2.56 bits per heavy atom. The summed E-state index contributed by atoms with van der Waals surface area (Å²) < 4.78 is 5.44. The van der Waals surface area contributed by atoms with Crippen LogP contribution in [0.1, 0.15) is 12.8 Å². The number of nitrogens with two attached hydrogens (primary N) is 1. The van der Waals surface area contributed by atoms with Gasteiger partial charge in [-0.1, -0.05) is 0 Å². The number of anilines is 1. The lowest BCUT2D eigenvalue weighted by Gasteiger charge is -2.10. The van der Waals surface area contributed by atoms with Crippen LogP contribution in [0.3, 0.4) is 0 Å². The summed E-state index contributed by atoms with van der Waals surface area (Å²) in [6.07, 6.45) is 5.56. The number of nitrogen functional groups attached to an aromatic ring is 1. The van der Waals surface area contributed by atoms with Crippen LogP contribution in [-0.2, 0) is 9.53 Å². The van der Waals surface area contributed by atoms with Crippen LogP contribution in [0.25, 0.3) is 0 Å². The molecule has 1 amide bonds. The van der Waals surface area contributed by atoms with E-state index in [0.717, 1.165) is 24.3 Å². The van der Waals surface area contributed by atoms with Gasteiger partial charge in [0.1, 0.15) is 0 Å². The Hall–Kier alpha value is -1.27. The number of nitrogens with zero attached hydrogens (tertiary/aromatic N) is 1. The fraction of sp³-hybridized carbons (Fsp3) is 0.500. The molecule has 2 heterocycles. The van der Waals surface area contributed by atoms with Gasteiger partial charge in [0, 0.05) is 24.2 Å². The summed E-state index contributed by atoms with van der Waals surface area (Å²) in [5.41, 5.74) is 6.35. The van der Waals surface area contributed by atoms with Crippen LogP contribution in [-0.4, -0.2) is 35.9 Å². The molecule has 1 fully saturated rings. The molecule has 6 heteroatoms. The Morgan fingerprint density at radius 1 is 1.67 bits per heavy atom. The SMILES string of the molecule is Nc1cnccc1SCC(=O)NCC1CCCO1. The van der Waals surface area contributed by atoms with Crippen molar-refractivity contribution >= 4 is 23.4 Å². The Labute approximate surface area is 110 Å². The molecule has 5 nitrogen and oxygen atoms in total. The maximum atomic E-state index is 11.6. The zero-order valence-corrected chi connectivity index (χ0v) is 10.9. The van der Waals surface area contributed by atoms with E-state index < -0.39 is 0 Å². The van der Waals surface area contributed by atoms with Gasteiger partial charge in [-0.3, -0.25) is 9.78 Å². The standard InChI is InChI=1S/C12H17N3O2S/c13-10-7-14-4-3-11(10)18-8-12(16)15-6-9-2-1-5-17-9/h3-4,7,9H,1-2,5-6,8,13H2,(H,15,16). The zero-order valence-electron chi connectivity index (χ0n) is 10.1. The number of amides is 1. The number of rotatable bonds is 5. The molecule has 0 aliphatic carbocycles. The van der Waals surface area contributed by atoms with Crippen LogP contribution in [0, 0.1) is 0 Å². The molecule has 3 N–H and O–H groups in total. The highest BCUT2D eigenvalue weighted by molar-refractivity contribution is 8.00. The van der Waals surface area contributed by atoms with E-state index >= 15 is 0 Å². The number of ether oxygens (including phenoxy) is 1. The molecule has 1 atom stereocenters. The summed E-state index contributed by atoms with van der Waals surface area (Å²) >= 11 is 1.42. The number of pyridine rings is 1. The van der Waals surface area contributed by atoms with Gasteiger partial charge in [-0.25, -0.2) is 0 Å². The quantitative estimate of drug-likeness (QED) is 0.780. The second-order valence-electron chi connectivity index (χ2n) is 4.14. The summed E-state index contributed by atoms with van der Waals surface area (Å²) in [5.74, 6) is 0.368. The van der Waals surface area contributed by atoms with Crippen LogP contribution in [0.4, 0.5) is 5.69 Å². The van der Waals surface area contributed by atoms with E-state index in [9.17, 15) is 4.79 Å². The number of hydrogen-bond donors (Lipinski definition) is 2. The van der Waals surface area contributed by atoms with E-state index in [1.54, 1.807) is 12.4 Å². The van der Waals surface area contributed by atoms with Gasteiger partial charge in [-0.15, -0.1) is 11.8 Å². The average Bonchev–Trinajstić information content (AvgIpc) is 2.88. The summed E-state index contributed by atoms with van der Waals surface area (Å²) in [4.78, 5) is 16.4. The topological polar surface area (TPSA) is 77.2 Å². The van der Waals surface area contributed by atoms with Gasteiger partial charge in [0.25, 0.3) is 0 Å². The highest BCUT2D eigenvalue weighted by Gasteiger charge is 2.16. The molecule has 2 rings (SSSR count). The normalized spacial score (nSPS) is 18.8. The van der Waals surface area contributed by atoms with Gasteiger partial charge in [0.2, 0.25) is 5.91 Å². The Morgan fingerprint density at radius 3 is 3.28 bits per heavy atom. The molecule has 1 aliphatic heterocycles. The molecule has 18 heavy (non-hydrogen) atoms. The van der Waals surface area contributed by atoms with Crippen molar-refractivity contribution in [1.29, 1.82) is 0 Å². The molecular weight excluding hydrogens is 250 g/mol. The Kier molecular flexibility index (Phi) is 4.83. The first-order chi connectivity index (χ1) is 8.75. The van der Waals surface area contributed by atoms with Crippen LogP contribution >= 0.6 is 11.8 Å². The third kappa shape index (κ3) is 3.89. The van der Waals surface area contributed by atoms with Gasteiger partial charge in [0.05, 0.1) is 23.7 Å². The molecule has 98 valence electrons. The number of carbonyl (C=O) groups excluding carboxylic acids is 1. The van der Waals surface area contributed by atoms with Crippen LogP contribution in [0.15, 0.2) is 23.4 Å². The molecule has 0 bridgehead atoms. The highest BCUT2D eigenvalue weighted by Crippen LogP contribution is 2.22. The molecule has 0 saturated carbocycles. The number of thioether (sulfide) groups is 1. The van der Waals surface area contributed by atoms with Crippen LogP contribution < -0.4 is 11.1 Å². The predicted octanol–water partition coefficient (Wildman–Crippen LogP) is 1.05. The van der Waals surface area contributed by atoms with Gasteiger partial charge in [-0.2, -0.15) is 0 Å². The van der Waals surface area contributed by atoms with Crippen molar-refractivity contribution in [3.8, 4) is 0 Å². The van der Waals surface area contributed by atoms with E-state index in [0.29, 0.717) is 18.0 Å². The molecule has 1 unspecified atom stereocenters. The van der Waals surface area contributed by atoms with Crippen molar-refractivity contribution in [3.63, 3.8) is 0 Å². The summed E-state index contributed by atoms with van der Waals surface area (Å²) in [7, 11) is 0. The third-order valence-corrected chi connectivity index (χ3v) is 3.81. The minimum atomic E-state index is 0.00622. The molecular formula is C12H17N3O2S. The third-order valence-electron chi connectivity index (χ3n) is 2.72. The molecule has 0 aromatic carbocycles. The van der Waals surface area contributed by atoms with Gasteiger partial charge in [0.15, 0.2) is 0 Å². The van der Waals surface area contributed by atoms with Gasteiger partial charge < -0.3 is 15.8 Å². The Balaban J connectivity index is 1.69. The largest absolute Gasteiger partial charge is 0.397 e. The monoisotopic (exact) mass is 267 g/mol. The van der Waals surface area contributed by atoms with Crippen molar-refractivity contribution in [3.05, 3.63) is 18.5 Å². The van der Waals surface area contributed by atoms with E-state index in [-0.39, 0.29) is 12.0 Å². The van der Waals surface area contributed by atoms with E-state index in [1.807, 2.05) is 6.07 Å². The first kappa shape index (κ1) is 13.2. The van der Waals surface area contributed by atoms with Crippen molar-refractivity contribution in [2.24, 2.45) is 0 Å². The lowest BCUT2D eigenvalue weighted by Crippen LogP contribution is -2.32. The first-order valence-electron chi connectivity index (χ1n) is 5.96. The lowest BCUT2D eigenvalue weighted by molar-refractivity contribution is -0.119. The molecule has 0 spiro atoms. The minimum absolute atomic E-state index is 0.00622. The van der Waals surface area contributed by atoms with Crippen molar-refractivity contribution in [2.75, 3.05) is 24.6 Å². The fourth-order valence-corrected chi connectivity index (χ4v) is 2.52. The average molecular weight is 267 g/mol. The van der Waals surface area contributed by atoms with E-state index in [1.165, 1.54) is 11.8 Å². The molecule has 0 radical (unpaired) electrons. The summed E-state index contributed by atoms with van der Waals surface area (Å²) in [5, 5.41) is 2.87. The van der Waals surface area contributed by atoms with Gasteiger partial charge in [-0.05, 0) is 18.9 Å². The molecule has 1 aliphatic rings. The van der Waals surface area contributed by atoms with Gasteiger partial charge >= 0.3 is 0 Å². The Bertz CT molecular complexity index is 408. The fourth-order valence-electron chi connectivity index (χ4n) is 1.75. The maximum Gasteiger partial charge on any atom is 0.230 e. The van der Waals surface area contributed by atoms with Crippen molar-refractivity contribution < 1.29 is 9.53 Å². The summed E-state index contributed by atoms with van der Waals surface area (Å²) in [6.45, 7) is 1.41. The van der Waals surface area contributed by atoms with Crippen LogP contribution in [0.5, 0.6) is 0 Å². The number of nitrogens with one attached hydrogen (secondary N) is 1. The zero-order chi connectivity index (χ0) is 12.8. The van der Waals surface area contributed by atoms with Crippen molar-refractivity contribution in [1.82, 2.24) is 10.3 Å². The molecule has 1 saturated heterocycles. The molecule has 1 aromatic heterocycles. The second kappa shape index (κ2) is 6.61. The molecule has 1 aromatic rings. The predicted molar refractivity (Wildman–Crippen MR) is 71.4 cm³/mol. The number of carbonyl (C=O) groups is 1. The second-order valence-corrected chi connectivity index (χ2v) is 5.16.